The molecular weight excluding hydrogens is 459 g/mol. The summed E-state index contributed by atoms with van der Waals surface area (Å²) in [6.45, 7) is 14.2. The fourth-order valence-electron chi connectivity index (χ4n) is 5.62. The van der Waals surface area contributed by atoms with Crippen molar-refractivity contribution in [3.05, 3.63) is 52.8 Å². The zero-order valence-electron chi connectivity index (χ0n) is 21.2. The second kappa shape index (κ2) is 9.51. The molecule has 0 spiro atoms. The van der Waals surface area contributed by atoms with Gasteiger partial charge in [-0.1, -0.05) is 32.9 Å². The fourth-order valence-corrected chi connectivity index (χ4v) is 6.40. The number of nitrogens with zero attached hydrogens (tertiary/aromatic N) is 4. The van der Waals surface area contributed by atoms with Crippen LogP contribution in [0.1, 0.15) is 50.3 Å². The first-order chi connectivity index (χ1) is 16.8. The van der Waals surface area contributed by atoms with Gasteiger partial charge >= 0.3 is 0 Å². The second-order valence-corrected chi connectivity index (χ2v) is 11.4. The Morgan fingerprint density at radius 3 is 2.60 bits per heavy atom. The van der Waals surface area contributed by atoms with Crippen LogP contribution in [0.3, 0.4) is 0 Å². The highest BCUT2D eigenvalue weighted by Gasteiger charge is 2.37. The smallest absolute Gasteiger partial charge is 0.227 e. The maximum absolute atomic E-state index is 13.8. The Bertz CT molecular complexity index is 1250. The van der Waals surface area contributed by atoms with Crippen molar-refractivity contribution in [2.24, 2.45) is 0 Å². The Balaban J connectivity index is 1.26. The minimum Gasteiger partial charge on any atom is -0.353 e. The summed E-state index contributed by atoms with van der Waals surface area (Å²) >= 11 is 1.44. The Hall–Kier alpha value is -2.51. The van der Waals surface area contributed by atoms with Gasteiger partial charge in [0.1, 0.15) is 11.6 Å². The minimum absolute atomic E-state index is 0.140. The number of aromatic nitrogens is 1. The van der Waals surface area contributed by atoms with Crippen LogP contribution in [0, 0.1) is 12.7 Å². The highest BCUT2D eigenvalue weighted by atomic mass is 32.1. The van der Waals surface area contributed by atoms with Crippen LogP contribution in [-0.2, 0) is 16.6 Å². The zero-order valence-corrected chi connectivity index (χ0v) is 22.1. The van der Waals surface area contributed by atoms with Gasteiger partial charge in [-0.05, 0) is 66.2 Å². The standard InChI is InChI=1S/C28H35FN4OS/c1-5-9-33-25(34)18-28(3,4)23-16-20(15-19(2)26(23)33)8-10-31-11-13-32(14-12-31)27-22-17-21(29)6-7-24(22)35-30-27/h6-7,15-17H,5,8-14,18H2,1-4H3. The molecule has 5 nitrogen and oxygen atoms in total. The van der Waals surface area contributed by atoms with Crippen molar-refractivity contribution >= 4 is 39.0 Å². The van der Waals surface area contributed by atoms with E-state index < -0.39 is 0 Å². The Morgan fingerprint density at radius 2 is 1.86 bits per heavy atom. The predicted molar refractivity (Wildman–Crippen MR) is 143 cm³/mol. The number of rotatable bonds is 6. The van der Waals surface area contributed by atoms with Crippen molar-refractivity contribution in [2.75, 3.05) is 49.1 Å². The molecule has 1 fully saturated rings. The monoisotopic (exact) mass is 494 g/mol. The van der Waals surface area contributed by atoms with Crippen LogP contribution >= 0.6 is 11.5 Å². The molecular formula is C28H35FN4OS. The SMILES string of the molecule is CCCN1C(=O)CC(C)(C)c2cc(CCN3CCN(c4nsc5ccc(F)cc45)CC3)cc(C)c21. The molecule has 35 heavy (non-hydrogen) atoms. The van der Waals surface area contributed by atoms with Gasteiger partial charge in [0.2, 0.25) is 5.91 Å². The summed E-state index contributed by atoms with van der Waals surface area (Å²) in [5.74, 6) is 0.958. The van der Waals surface area contributed by atoms with E-state index in [4.69, 9.17) is 0 Å². The van der Waals surface area contributed by atoms with Crippen molar-refractivity contribution in [3.8, 4) is 0 Å². The number of carbonyl (C=O) groups excluding carboxylic acids is 1. The number of fused-ring (bicyclic) bond motifs is 2. The summed E-state index contributed by atoms with van der Waals surface area (Å²) in [5.41, 5.74) is 4.87. The highest BCUT2D eigenvalue weighted by Crippen LogP contribution is 2.43. The van der Waals surface area contributed by atoms with Gasteiger partial charge in [0.05, 0.1) is 10.4 Å². The van der Waals surface area contributed by atoms with Crippen LogP contribution in [0.5, 0.6) is 0 Å². The van der Waals surface area contributed by atoms with Gasteiger partial charge in [0.15, 0.2) is 0 Å². The van der Waals surface area contributed by atoms with Gasteiger partial charge in [-0.15, -0.1) is 0 Å². The topological polar surface area (TPSA) is 39.7 Å². The Morgan fingerprint density at radius 1 is 1.09 bits per heavy atom. The van der Waals surface area contributed by atoms with E-state index in [-0.39, 0.29) is 17.1 Å². The lowest BCUT2D eigenvalue weighted by molar-refractivity contribution is -0.120. The third kappa shape index (κ3) is 4.68. The number of anilines is 2. The summed E-state index contributed by atoms with van der Waals surface area (Å²) in [5, 5.41) is 0.922. The molecule has 0 saturated carbocycles. The molecule has 1 saturated heterocycles. The van der Waals surface area contributed by atoms with Crippen molar-refractivity contribution in [3.63, 3.8) is 0 Å². The largest absolute Gasteiger partial charge is 0.353 e. The van der Waals surface area contributed by atoms with E-state index in [1.807, 2.05) is 11.0 Å². The van der Waals surface area contributed by atoms with Gasteiger partial charge in [-0.2, -0.15) is 4.37 Å². The minimum atomic E-state index is -0.205. The van der Waals surface area contributed by atoms with Crippen LogP contribution < -0.4 is 9.80 Å². The second-order valence-electron chi connectivity index (χ2n) is 10.6. The predicted octanol–water partition coefficient (Wildman–Crippen LogP) is 5.53. The average molecular weight is 495 g/mol. The molecule has 0 bridgehead atoms. The quantitative estimate of drug-likeness (QED) is 0.452. The third-order valence-electron chi connectivity index (χ3n) is 7.50. The van der Waals surface area contributed by atoms with Gasteiger partial charge in [0, 0.05) is 56.5 Å². The lowest BCUT2D eigenvalue weighted by Gasteiger charge is -2.40. The summed E-state index contributed by atoms with van der Waals surface area (Å²) in [7, 11) is 0. The van der Waals surface area contributed by atoms with Crippen LogP contribution in [0.25, 0.3) is 10.1 Å². The van der Waals surface area contributed by atoms with E-state index >= 15 is 0 Å². The Kier molecular flexibility index (Phi) is 6.57. The van der Waals surface area contributed by atoms with Crippen molar-refractivity contribution in [1.29, 1.82) is 0 Å². The maximum atomic E-state index is 13.8. The lowest BCUT2D eigenvalue weighted by Crippen LogP contribution is -2.47. The number of benzene rings is 2. The van der Waals surface area contributed by atoms with Gasteiger partial charge < -0.3 is 9.80 Å². The average Bonchev–Trinajstić information content (AvgIpc) is 3.23. The molecule has 2 aromatic carbocycles. The first-order valence-corrected chi connectivity index (χ1v) is 13.5. The first-order valence-electron chi connectivity index (χ1n) is 12.7. The number of hydrogen-bond donors (Lipinski definition) is 0. The molecule has 0 atom stereocenters. The van der Waals surface area contributed by atoms with E-state index in [0.717, 1.165) is 73.7 Å². The number of halogens is 1. The van der Waals surface area contributed by atoms with Crippen molar-refractivity contribution in [2.45, 2.75) is 52.4 Å². The molecule has 2 aliphatic rings. The molecule has 1 amide bonds. The molecule has 5 rings (SSSR count). The first kappa shape index (κ1) is 24.2. The maximum Gasteiger partial charge on any atom is 0.227 e. The van der Waals surface area contributed by atoms with Crippen LogP contribution in [0.4, 0.5) is 15.9 Å². The van der Waals surface area contributed by atoms with E-state index in [2.05, 4.69) is 54.0 Å². The van der Waals surface area contributed by atoms with Crippen molar-refractivity contribution < 1.29 is 9.18 Å². The number of carbonyl (C=O) groups is 1. The summed E-state index contributed by atoms with van der Waals surface area (Å²) in [6.07, 6.45) is 2.53. The molecule has 3 heterocycles. The molecule has 186 valence electrons. The number of hydrogen-bond acceptors (Lipinski definition) is 5. The summed E-state index contributed by atoms with van der Waals surface area (Å²) in [4.78, 5) is 19.6. The summed E-state index contributed by atoms with van der Waals surface area (Å²) in [6, 6.07) is 9.56. The number of amides is 1. The Labute approximate surface area is 211 Å². The van der Waals surface area contributed by atoms with Crippen LogP contribution in [-0.4, -0.2) is 54.4 Å². The normalized spacial score (nSPS) is 18.4. The fraction of sp³-hybridized carbons (Fsp3) is 0.500. The number of piperazine rings is 1. The van der Waals surface area contributed by atoms with E-state index in [0.29, 0.717) is 6.42 Å². The molecule has 0 N–H and O–H groups in total. The zero-order chi connectivity index (χ0) is 24.7. The molecule has 2 aliphatic heterocycles. The third-order valence-corrected chi connectivity index (χ3v) is 8.32. The summed E-state index contributed by atoms with van der Waals surface area (Å²) < 4.78 is 19.4. The molecule has 0 aliphatic carbocycles. The van der Waals surface area contributed by atoms with Gasteiger partial charge in [0.25, 0.3) is 0 Å². The van der Waals surface area contributed by atoms with E-state index in [9.17, 15) is 9.18 Å². The van der Waals surface area contributed by atoms with Crippen LogP contribution in [0.15, 0.2) is 30.3 Å². The lowest BCUT2D eigenvalue weighted by atomic mass is 9.75. The highest BCUT2D eigenvalue weighted by molar-refractivity contribution is 7.13. The molecule has 7 heteroatoms. The van der Waals surface area contributed by atoms with Gasteiger partial charge in [-0.3, -0.25) is 9.69 Å². The van der Waals surface area contributed by atoms with E-state index in [1.165, 1.54) is 34.3 Å². The molecule has 3 aromatic rings. The van der Waals surface area contributed by atoms with Crippen molar-refractivity contribution in [1.82, 2.24) is 9.27 Å². The van der Waals surface area contributed by atoms with Crippen LogP contribution in [0.2, 0.25) is 0 Å². The molecule has 0 radical (unpaired) electrons. The number of aryl methyl sites for hydroxylation is 1. The molecule has 0 unspecified atom stereocenters. The van der Waals surface area contributed by atoms with E-state index in [1.54, 1.807) is 6.07 Å². The van der Waals surface area contributed by atoms with Gasteiger partial charge in [-0.25, -0.2) is 4.39 Å². The molecule has 1 aromatic heterocycles.